The van der Waals surface area contributed by atoms with Gasteiger partial charge in [0.1, 0.15) is 5.56 Å². The van der Waals surface area contributed by atoms with Gasteiger partial charge in [-0.3, -0.25) is 4.68 Å². The molecule has 0 spiro atoms. The van der Waals surface area contributed by atoms with Gasteiger partial charge in [0.25, 0.3) is 0 Å². The largest absolute Gasteiger partial charge is 0.462 e. The van der Waals surface area contributed by atoms with E-state index in [-0.39, 0.29) is 23.8 Å². The number of aliphatic imine (C=N–C) groups is 1. The fourth-order valence-electron chi connectivity index (χ4n) is 1.63. The number of carbonyl (C=O) groups excluding carboxylic acids is 2. The number of cyclic esters (lactones) is 1. The lowest BCUT2D eigenvalue weighted by Gasteiger charge is -2.01. The van der Waals surface area contributed by atoms with Gasteiger partial charge >= 0.3 is 11.9 Å². The molecular weight excluding hydrogens is 250 g/mol. The quantitative estimate of drug-likeness (QED) is 0.598. The molecule has 0 aromatic carbocycles. The molecule has 1 aromatic heterocycles. The molecule has 1 aromatic rings. The van der Waals surface area contributed by atoms with Crippen LogP contribution in [0.4, 0.5) is 0 Å². The molecule has 0 amide bonds. The molecule has 1 aliphatic rings. The van der Waals surface area contributed by atoms with Crippen LogP contribution in [0, 0.1) is 0 Å². The third-order valence-corrected chi connectivity index (χ3v) is 2.48. The lowest BCUT2D eigenvalue weighted by atomic mass is 10.2. The first kappa shape index (κ1) is 13.0. The molecule has 100 valence electrons. The molecule has 0 fully saturated rings. The minimum Gasteiger partial charge on any atom is -0.462 e. The van der Waals surface area contributed by atoms with E-state index in [0.29, 0.717) is 5.69 Å². The zero-order valence-electron chi connectivity index (χ0n) is 10.8. The molecule has 0 unspecified atom stereocenters. The Labute approximate surface area is 109 Å². The molecule has 7 nitrogen and oxygen atoms in total. The monoisotopic (exact) mass is 263 g/mol. The summed E-state index contributed by atoms with van der Waals surface area (Å²) in [5, 5.41) is 3.98. The molecule has 0 saturated heterocycles. The van der Waals surface area contributed by atoms with E-state index in [1.165, 1.54) is 17.0 Å². The van der Waals surface area contributed by atoms with E-state index in [9.17, 15) is 9.59 Å². The average molecular weight is 263 g/mol. The predicted molar refractivity (Wildman–Crippen MR) is 66.3 cm³/mol. The normalized spacial score (nSPS) is 16.5. The second kappa shape index (κ2) is 5.05. The Hall–Kier alpha value is -2.44. The average Bonchev–Trinajstić information content (AvgIpc) is 2.85. The van der Waals surface area contributed by atoms with Crippen LogP contribution in [-0.2, 0) is 21.3 Å². The van der Waals surface area contributed by atoms with Crippen LogP contribution in [0.15, 0.2) is 16.9 Å². The Kier molecular flexibility index (Phi) is 3.46. The summed E-state index contributed by atoms with van der Waals surface area (Å²) >= 11 is 0. The summed E-state index contributed by atoms with van der Waals surface area (Å²) in [4.78, 5) is 27.2. The second-order valence-electron chi connectivity index (χ2n) is 3.84. The van der Waals surface area contributed by atoms with Crippen LogP contribution < -0.4 is 0 Å². The SMILES string of the molecule is CCOC(=O)c1cnn(C)c1/C=C1\N=C(C)OC1=O. The summed E-state index contributed by atoms with van der Waals surface area (Å²) in [6.45, 7) is 3.56. The molecule has 0 radical (unpaired) electrons. The maximum absolute atomic E-state index is 11.7. The summed E-state index contributed by atoms with van der Waals surface area (Å²) in [5.74, 6) is -0.765. The lowest BCUT2D eigenvalue weighted by Crippen LogP contribution is -2.07. The van der Waals surface area contributed by atoms with E-state index in [0.717, 1.165) is 0 Å². The van der Waals surface area contributed by atoms with Crippen LogP contribution >= 0.6 is 0 Å². The van der Waals surface area contributed by atoms with Crippen LogP contribution in [0.5, 0.6) is 0 Å². The number of ether oxygens (including phenoxy) is 2. The first-order chi connectivity index (χ1) is 9.02. The highest BCUT2D eigenvalue weighted by molar-refractivity contribution is 6.07. The van der Waals surface area contributed by atoms with Gasteiger partial charge in [-0.05, 0) is 13.0 Å². The Morgan fingerprint density at radius 1 is 1.58 bits per heavy atom. The van der Waals surface area contributed by atoms with Gasteiger partial charge in [-0.25, -0.2) is 14.6 Å². The molecular formula is C12H13N3O4. The molecule has 1 aliphatic heterocycles. The lowest BCUT2D eigenvalue weighted by molar-refractivity contribution is -0.130. The fraction of sp³-hybridized carbons (Fsp3) is 0.333. The first-order valence-electron chi connectivity index (χ1n) is 5.71. The molecule has 0 aliphatic carbocycles. The van der Waals surface area contributed by atoms with Gasteiger partial charge < -0.3 is 9.47 Å². The minimum absolute atomic E-state index is 0.131. The van der Waals surface area contributed by atoms with E-state index in [4.69, 9.17) is 9.47 Å². The van der Waals surface area contributed by atoms with Crippen molar-refractivity contribution in [1.82, 2.24) is 9.78 Å². The topological polar surface area (TPSA) is 82.8 Å². The van der Waals surface area contributed by atoms with E-state index < -0.39 is 11.9 Å². The van der Waals surface area contributed by atoms with Crippen molar-refractivity contribution in [2.45, 2.75) is 13.8 Å². The number of aryl methyl sites for hydroxylation is 1. The maximum atomic E-state index is 11.7. The van der Waals surface area contributed by atoms with Crippen molar-refractivity contribution in [2.75, 3.05) is 6.61 Å². The van der Waals surface area contributed by atoms with Crippen molar-refractivity contribution in [2.24, 2.45) is 12.0 Å². The van der Waals surface area contributed by atoms with Crippen LogP contribution in [0.2, 0.25) is 0 Å². The highest BCUT2D eigenvalue weighted by atomic mass is 16.6. The zero-order valence-corrected chi connectivity index (χ0v) is 10.8. The molecule has 2 heterocycles. The molecule has 0 saturated carbocycles. The van der Waals surface area contributed by atoms with Crippen molar-refractivity contribution in [3.05, 3.63) is 23.2 Å². The van der Waals surface area contributed by atoms with E-state index in [1.807, 2.05) is 0 Å². The number of hydrogen-bond donors (Lipinski definition) is 0. The smallest absolute Gasteiger partial charge is 0.363 e. The highest BCUT2D eigenvalue weighted by Gasteiger charge is 2.23. The van der Waals surface area contributed by atoms with Gasteiger partial charge in [-0.15, -0.1) is 0 Å². The Bertz CT molecular complexity index is 598. The Morgan fingerprint density at radius 3 is 2.89 bits per heavy atom. The molecule has 0 atom stereocenters. The molecule has 0 bridgehead atoms. The zero-order chi connectivity index (χ0) is 14.0. The standard InChI is InChI=1S/C12H13N3O4/c1-4-18-11(16)8-6-13-15(3)10(8)5-9-12(17)19-7(2)14-9/h5-6H,4H2,1-3H3/b9-5-. The van der Waals surface area contributed by atoms with Gasteiger partial charge in [-0.1, -0.05) is 0 Å². The van der Waals surface area contributed by atoms with Crippen molar-refractivity contribution in [3.63, 3.8) is 0 Å². The number of esters is 2. The molecule has 2 rings (SSSR count). The van der Waals surface area contributed by atoms with Gasteiger partial charge in [0.15, 0.2) is 11.6 Å². The molecule has 19 heavy (non-hydrogen) atoms. The summed E-state index contributed by atoms with van der Waals surface area (Å²) in [6, 6.07) is 0. The van der Waals surface area contributed by atoms with Crippen molar-refractivity contribution in [1.29, 1.82) is 0 Å². The molecule has 0 N–H and O–H groups in total. The predicted octanol–water partition coefficient (Wildman–Crippen LogP) is 0.913. The van der Waals surface area contributed by atoms with Crippen molar-refractivity contribution in [3.8, 4) is 0 Å². The first-order valence-corrected chi connectivity index (χ1v) is 5.71. The third-order valence-electron chi connectivity index (χ3n) is 2.48. The Morgan fingerprint density at radius 2 is 2.32 bits per heavy atom. The van der Waals surface area contributed by atoms with Crippen LogP contribution in [-0.4, -0.2) is 34.2 Å². The number of aromatic nitrogens is 2. The van der Waals surface area contributed by atoms with E-state index in [2.05, 4.69) is 10.1 Å². The number of nitrogens with zero attached hydrogens (tertiary/aromatic N) is 3. The van der Waals surface area contributed by atoms with Crippen molar-refractivity contribution < 1.29 is 19.1 Å². The second-order valence-corrected chi connectivity index (χ2v) is 3.84. The number of carbonyl (C=O) groups is 2. The fourth-order valence-corrected chi connectivity index (χ4v) is 1.63. The minimum atomic E-state index is -0.548. The van der Waals surface area contributed by atoms with Gasteiger partial charge in [-0.2, -0.15) is 5.10 Å². The highest BCUT2D eigenvalue weighted by Crippen LogP contribution is 2.18. The summed E-state index contributed by atoms with van der Waals surface area (Å²) in [6.07, 6.45) is 2.85. The molecule has 7 heteroatoms. The van der Waals surface area contributed by atoms with E-state index in [1.54, 1.807) is 20.9 Å². The Balaban J connectivity index is 2.40. The number of hydrogen-bond acceptors (Lipinski definition) is 6. The van der Waals surface area contributed by atoms with Crippen LogP contribution in [0.25, 0.3) is 6.08 Å². The van der Waals surface area contributed by atoms with Gasteiger partial charge in [0.05, 0.1) is 18.5 Å². The summed E-state index contributed by atoms with van der Waals surface area (Å²) in [5.41, 5.74) is 0.861. The van der Waals surface area contributed by atoms with Crippen LogP contribution in [0.3, 0.4) is 0 Å². The maximum Gasteiger partial charge on any atom is 0.363 e. The number of rotatable bonds is 3. The van der Waals surface area contributed by atoms with Gasteiger partial charge in [0.2, 0.25) is 0 Å². The van der Waals surface area contributed by atoms with Gasteiger partial charge in [0, 0.05) is 14.0 Å². The third kappa shape index (κ3) is 2.54. The van der Waals surface area contributed by atoms with Crippen molar-refractivity contribution >= 4 is 23.9 Å². The summed E-state index contributed by atoms with van der Waals surface area (Å²) < 4.78 is 11.2. The summed E-state index contributed by atoms with van der Waals surface area (Å²) in [7, 11) is 1.66. The van der Waals surface area contributed by atoms with Crippen LogP contribution in [0.1, 0.15) is 29.9 Å². The van der Waals surface area contributed by atoms with E-state index >= 15 is 0 Å².